The van der Waals surface area contributed by atoms with Crippen molar-refractivity contribution < 1.29 is 35.9 Å². The Kier molecular flexibility index (Phi) is 7.54. The van der Waals surface area contributed by atoms with Crippen LogP contribution in [0.5, 0.6) is 5.75 Å². The Morgan fingerprint density at radius 1 is 1.14 bits per heavy atom. The summed E-state index contributed by atoms with van der Waals surface area (Å²) in [6, 6.07) is 7.70. The number of nitriles is 1. The Bertz CT molecular complexity index is 1260. The van der Waals surface area contributed by atoms with Crippen LogP contribution in [-0.4, -0.2) is 42.4 Å². The van der Waals surface area contributed by atoms with Gasteiger partial charge in [0, 0.05) is 30.8 Å². The maximum atomic E-state index is 13.3. The zero-order valence-electron chi connectivity index (χ0n) is 18.2. The zero-order chi connectivity index (χ0) is 26.8. The summed E-state index contributed by atoms with van der Waals surface area (Å²) in [5, 5.41) is 17.3. The average molecular weight is 531 g/mol. The summed E-state index contributed by atoms with van der Waals surface area (Å²) in [5.41, 5.74) is 4.78. The Hall–Kier alpha value is -3.72. The van der Waals surface area contributed by atoms with Gasteiger partial charge in [0.05, 0.1) is 21.9 Å². The molecule has 0 atom stereocenters. The van der Waals surface area contributed by atoms with Crippen LogP contribution < -0.4 is 10.5 Å². The molecule has 1 aliphatic rings. The molecule has 36 heavy (non-hydrogen) atoms. The molecule has 3 N–H and O–H groups in total. The molecule has 6 nitrogen and oxygen atoms in total. The molecule has 13 heteroatoms. The summed E-state index contributed by atoms with van der Waals surface area (Å²) < 4.78 is 81.4. The van der Waals surface area contributed by atoms with Gasteiger partial charge in [0.1, 0.15) is 17.4 Å². The number of ether oxygens (including phenoxy) is 1. The number of alkyl halides is 6. The van der Waals surface area contributed by atoms with E-state index in [2.05, 4.69) is 0 Å². The van der Waals surface area contributed by atoms with E-state index in [0.717, 1.165) is 41.3 Å². The number of benzene rings is 2. The lowest BCUT2D eigenvalue weighted by Crippen LogP contribution is -2.40. The highest BCUT2D eigenvalue weighted by Gasteiger charge is 2.33. The highest BCUT2D eigenvalue weighted by atomic mass is 35.5. The molecule has 0 fully saturated rings. The molecule has 0 aliphatic carbocycles. The van der Waals surface area contributed by atoms with Crippen LogP contribution in [0.3, 0.4) is 0 Å². The highest BCUT2D eigenvalue weighted by Crippen LogP contribution is 2.34. The molecule has 190 valence electrons. The van der Waals surface area contributed by atoms with E-state index < -0.39 is 46.8 Å². The van der Waals surface area contributed by atoms with E-state index in [1.807, 2.05) is 0 Å². The first kappa shape index (κ1) is 26.9. The largest absolute Gasteiger partial charge is 0.483 e. The highest BCUT2D eigenvalue weighted by molar-refractivity contribution is 6.35. The fraction of sp³-hybridized carbons (Fsp3) is 0.261. The minimum atomic E-state index is -4.70. The van der Waals surface area contributed by atoms with Gasteiger partial charge in [0.25, 0.3) is 5.91 Å². The minimum Gasteiger partial charge on any atom is -0.483 e. The molecule has 3 rings (SSSR count). The molecule has 0 saturated carbocycles. The molecule has 0 spiro atoms. The van der Waals surface area contributed by atoms with Crippen LogP contribution in [0.25, 0.3) is 0 Å². The monoisotopic (exact) mass is 530 g/mol. The van der Waals surface area contributed by atoms with Crippen molar-refractivity contribution >= 4 is 23.2 Å². The first-order valence-corrected chi connectivity index (χ1v) is 10.6. The Labute approximate surface area is 206 Å². The topological polar surface area (TPSA) is 103 Å². The Morgan fingerprint density at radius 3 is 2.33 bits per heavy atom. The summed E-state index contributed by atoms with van der Waals surface area (Å²) in [6.45, 7) is -1.96. The van der Waals surface area contributed by atoms with Crippen LogP contribution in [0, 0.1) is 16.7 Å². The number of carbonyl (C=O) groups is 1. The van der Waals surface area contributed by atoms with E-state index in [4.69, 9.17) is 27.5 Å². The van der Waals surface area contributed by atoms with Crippen molar-refractivity contribution in [2.24, 2.45) is 5.73 Å². The number of halogens is 7. The minimum absolute atomic E-state index is 0.0142. The number of hydrogen-bond donors (Lipinski definition) is 2. The molecule has 0 bridgehead atoms. The van der Waals surface area contributed by atoms with E-state index in [9.17, 15) is 36.4 Å². The first-order chi connectivity index (χ1) is 16.7. The molecule has 1 heterocycles. The Balaban J connectivity index is 1.91. The van der Waals surface area contributed by atoms with Crippen molar-refractivity contribution in [3.63, 3.8) is 0 Å². The van der Waals surface area contributed by atoms with E-state index >= 15 is 0 Å². The van der Waals surface area contributed by atoms with E-state index in [1.165, 1.54) is 0 Å². The maximum absolute atomic E-state index is 13.3. The molecule has 1 aliphatic heterocycles. The lowest BCUT2D eigenvalue weighted by molar-refractivity contribution is -0.153. The van der Waals surface area contributed by atoms with Crippen LogP contribution in [0.4, 0.5) is 26.3 Å². The van der Waals surface area contributed by atoms with Gasteiger partial charge in [-0.3, -0.25) is 10.2 Å². The SMILES string of the molecule is N#Cc1ccc(OCC(F)(F)F)c(C(=O)N2CCC(N)=C(C(=N)c3ccc(C(F)(F)F)cc3)C2)c1Cl. The van der Waals surface area contributed by atoms with Gasteiger partial charge in [0.2, 0.25) is 0 Å². The second-order valence-electron chi connectivity index (χ2n) is 7.75. The zero-order valence-corrected chi connectivity index (χ0v) is 19.0. The van der Waals surface area contributed by atoms with Gasteiger partial charge in [-0.15, -0.1) is 0 Å². The summed E-state index contributed by atoms with van der Waals surface area (Å²) in [4.78, 5) is 14.5. The van der Waals surface area contributed by atoms with Crippen LogP contribution in [0.15, 0.2) is 47.7 Å². The predicted molar refractivity (Wildman–Crippen MR) is 118 cm³/mol. The third kappa shape index (κ3) is 5.91. The van der Waals surface area contributed by atoms with Crippen LogP contribution in [-0.2, 0) is 6.18 Å². The summed E-state index contributed by atoms with van der Waals surface area (Å²) in [6.07, 6.45) is -9.18. The third-order valence-electron chi connectivity index (χ3n) is 5.31. The quantitative estimate of drug-likeness (QED) is 0.404. The van der Waals surface area contributed by atoms with Gasteiger partial charge >= 0.3 is 12.4 Å². The first-order valence-electron chi connectivity index (χ1n) is 10.2. The molecule has 0 radical (unpaired) electrons. The number of nitrogens with two attached hydrogens (primary N) is 1. The normalized spacial score (nSPS) is 14.4. The van der Waals surface area contributed by atoms with Crippen LogP contribution in [0.2, 0.25) is 5.02 Å². The van der Waals surface area contributed by atoms with E-state index in [0.29, 0.717) is 0 Å². The van der Waals surface area contributed by atoms with Crippen molar-refractivity contribution in [1.29, 1.82) is 10.7 Å². The summed E-state index contributed by atoms with van der Waals surface area (Å²) in [5.74, 6) is -1.34. The molecule has 2 aromatic carbocycles. The van der Waals surface area contributed by atoms with Gasteiger partial charge in [-0.25, -0.2) is 0 Å². The molecule has 0 unspecified atom stereocenters. The van der Waals surface area contributed by atoms with Gasteiger partial charge in [-0.1, -0.05) is 23.7 Å². The third-order valence-corrected chi connectivity index (χ3v) is 5.70. The number of rotatable bonds is 5. The van der Waals surface area contributed by atoms with Gasteiger partial charge in [-0.2, -0.15) is 31.6 Å². The van der Waals surface area contributed by atoms with E-state index in [-0.39, 0.29) is 47.6 Å². The van der Waals surface area contributed by atoms with Gasteiger partial charge < -0.3 is 15.4 Å². The fourth-order valence-electron chi connectivity index (χ4n) is 3.47. The second kappa shape index (κ2) is 10.1. The van der Waals surface area contributed by atoms with Gasteiger partial charge in [-0.05, 0) is 29.8 Å². The molecule has 0 aromatic heterocycles. The standard InChI is InChI=1S/C23H17ClF6N4O2/c24-19-13(9-31)3-6-17(36-11-22(25,26)27)18(19)21(35)34-8-7-16(32)15(10-34)20(33)12-1-4-14(5-2-12)23(28,29)30/h1-6,33H,7-8,10-11,32H2. The molecular formula is C23H17ClF6N4O2. The number of nitrogens with one attached hydrogen (secondary N) is 1. The number of nitrogens with zero attached hydrogens (tertiary/aromatic N) is 2. The lowest BCUT2D eigenvalue weighted by Gasteiger charge is -2.31. The van der Waals surface area contributed by atoms with Crippen molar-refractivity contribution in [2.45, 2.75) is 18.8 Å². The van der Waals surface area contributed by atoms with Crippen molar-refractivity contribution in [3.8, 4) is 11.8 Å². The molecule has 0 saturated heterocycles. The molecular weight excluding hydrogens is 514 g/mol. The Morgan fingerprint density at radius 2 is 1.78 bits per heavy atom. The average Bonchev–Trinajstić information content (AvgIpc) is 2.81. The predicted octanol–water partition coefficient (Wildman–Crippen LogP) is 5.30. The summed E-state index contributed by atoms with van der Waals surface area (Å²) in [7, 11) is 0. The van der Waals surface area contributed by atoms with Crippen LogP contribution in [0.1, 0.15) is 33.5 Å². The van der Waals surface area contributed by atoms with Crippen LogP contribution >= 0.6 is 11.6 Å². The van der Waals surface area contributed by atoms with Crippen molar-refractivity contribution in [2.75, 3.05) is 19.7 Å². The number of carbonyl (C=O) groups excluding carboxylic acids is 1. The lowest BCUT2D eigenvalue weighted by atomic mass is 9.95. The second-order valence-corrected chi connectivity index (χ2v) is 8.12. The number of amides is 1. The maximum Gasteiger partial charge on any atom is 0.422 e. The fourth-order valence-corrected chi connectivity index (χ4v) is 3.75. The van der Waals surface area contributed by atoms with Crippen molar-refractivity contribution in [3.05, 3.63) is 74.9 Å². The summed E-state index contributed by atoms with van der Waals surface area (Å²) >= 11 is 6.15. The molecule has 1 amide bonds. The van der Waals surface area contributed by atoms with Crippen molar-refractivity contribution in [1.82, 2.24) is 4.90 Å². The smallest absolute Gasteiger partial charge is 0.422 e. The van der Waals surface area contributed by atoms with E-state index in [1.54, 1.807) is 6.07 Å². The molecule has 2 aromatic rings. The van der Waals surface area contributed by atoms with Gasteiger partial charge in [0.15, 0.2) is 6.61 Å². The number of hydrogen-bond acceptors (Lipinski definition) is 5.